The molecule has 0 spiro atoms. The van der Waals surface area contributed by atoms with E-state index in [1.54, 1.807) is 18.2 Å². The van der Waals surface area contributed by atoms with E-state index in [-0.39, 0.29) is 34.3 Å². The van der Waals surface area contributed by atoms with Gasteiger partial charge in [0.2, 0.25) is 11.8 Å². The molecule has 0 unspecified atom stereocenters. The fraction of sp³-hybridized carbons (Fsp3) is 0.375. The summed E-state index contributed by atoms with van der Waals surface area (Å²) in [6, 6.07) is 11.8. The third-order valence-electron chi connectivity index (χ3n) is 5.10. The van der Waals surface area contributed by atoms with Crippen LogP contribution >= 0.6 is 0 Å². The Morgan fingerprint density at radius 3 is 2.40 bits per heavy atom. The molecule has 35 heavy (non-hydrogen) atoms. The van der Waals surface area contributed by atoms with Crippen molar-refractivity contribution >= 4 is 39.0 Å². The van der Waals surface area contributed by atoms with Crippen LogP contribution in [0.15, 0.2) is 58.4 Å². The molecule has 11 heteroatoms. The van der Waals surface area contributed by atoms with Gasteiger partial charge in [-0.3, -0.25) is 14.3 Å². The van der Waals surface area contributed by atoms with Crippen molar-refractivity contribution in [3.05, 3.63) is 54.1 Å². The molecule has 0 aliphatic heterocycles. The van der Waals surface area contributed by atoms with E-state index < -0.39 is 28.0 Å². The normalized spacial score (nSPS) is 12.3. The number of carbonyl (C=O) groups is 2. The average Bonchev–Trinajstić information content (AvgIpc) is 2.81. The van der Waals surface area contributed by atoms with Crippen LogP contribution in [0.4, 0.5) is 15.8 Å². The number of aliphatic imine (C=N–C) groups is 1. The molecule has 9 nitrogen and oxygen atoms in total. The highest BCUT2D eigenvalue weighted by molar-refractivity contribution is 7.92. The monoisotopic (exact) mass is 505 g/mol. The summed E-state index contributed by atoms with van der Waals surface area (Å²) in [5, 5.41) is 2.58. The van der Waals surface area contributed by atoms with Gasteiger partial charge in [0.1, 0.15) is 12.5 Å². The second kappa shape index (κ2) is 12.4. The Morgan fingerprint density at radius 2 is 1.71 bits per heavy atom. The number of benzene rings is 2. The van der Waals surface area contributed by atoms with Crippen molar-refractivity contribution in [1.82, 2.24) is 0 Å². The summed E-state index contributed by atoms with van der Waals surface area (Å²) < 4.78 is 41.4. The molecule has 0 aliphatic carbocycles. The zero-order chi connectivity index (χ0) is 26.1. The topological polar surface area (TPSA) is 157 Å². The van der Waals surface area contributed by atoms with Crippen molar-refractivity contribution in [2.24, 2.45) is 21.9 Å². The van der Waals surface area contributed by atoms with E-state index in [0.717, 1.165) is 12.8 Å². The number of hydrogen-bond donors (Lipinski definition) is 4. The number of halogens is 1. The molecular weight excluding hydrogens is 473 g/mol. The van der Waals surface area contributed by atoms with Gasteiger partial charge in [0, 0.05) is 17.7 Å². The SMILES string of the molecule is CC(C)(CF)C(=O)Nc1cccc(NS(=O)(=O)c2cccc(C(N)=NC(=O)CCCCCN)c2)c1. The number of carbonyl (C=O) groups excluding carboxylic acids is 2. The summed E-state index contributed by atoms with van der Waals surface area (Å²) >= 11 is 0. The smallest absolute Gasteiger partial charge is 0.261 e. The molecule has 0 aliphatic rings. The van der Waals surface area contributed by atoms with E-state index in [2.05, 4.69) is 15.0 Å². The molecule has 0 saturated carbocycles. The number of alkyl halides is 1. The van der Waals surface area contributed by atoms with Gasteiger partial charge in [-0.1, -0.05) is 24.6 Å². The highest BCUT2D eigenvalue weighted by atomic mass is 32.2. The maximum atomic E-state index is 13.1. The summed E-state index contributed by atoms with van der Waals surface area (Å²) in [7, 11) is -4.03. The van der Waals surface area contributed by atoms with E-state index in [1.807, 2.05) is 0 Å². The Hall–Kier alpha value is -3.31. The van der Waals surface area contributed by atoms with Crippen LogP contribution in [-0.4, -0.2) is 39.3 Å². The Kier molecular flexibility index (Phi) is 9.90. The number of nitrogens with two attached hydrogens (primary N) is 2. The van der Waals surface area contributed by atoms with E-state index in [9.17, 15) is 22.4 Å². The Bertz CT molecular complexity index is 1180. The number of nitrogens with zero attached hydrogens (tertiary/aromatic N) is 1. The number of anilines is 2. The molecule has 2 aromatic rings. The lowest BCUT2D eigenvalue weighted by Gasteiger charge is -2.19. The van der Waals surface area contributed by atoms with Crippen molar-refractivity contribution in [2.45, 2.75) is 44.4 Å². The summed E-state index contributed by atoms with van der Waals surface area (Å²) in [5.74, 6) is -0.997. The van der Waals surface area contributed by atoms with Crippen LogP contribution in [0.3, 0.4) is 0 Å². The number of nitrogens with one attached hydrogen (secondary N) is 2. The fourth-order valence-electron chi connectivity index (χ4n) is 2.91. The maximum Gasteiger partial charge on any atom is 0.261 e. The van der Waals surface area contributed by atoms with Gasteiger partial charge >= 0.3 is 0 Å². The Morgan fingerprint density at radius 1 is 1.03 bits per heavy atom. The van der Waals surface area contributed by atoms with Gasteiger partial charge in [0.25, 0.3) is 10.0 Å². The molecule has 0 bridgehead atoms. The van der Waals surface area contributed by atoms with Crippen LogP contribution in [0.2, 0.25) is 0 Å². The van der Waals surface area contributed by atoms with Gasteiger partial charge in [0.05, 0.1) is 16.0 Å². The highest BCUT2D eigenvalue weighted by Gasteiger charge is 2.27. The average molecular weight is 506 g/mol. The van der Waals surface area contributed by atoms with Crippen LogP contribution in [0.1, 0.15) is 45.1 Å². The highest BCUT2D eigenvalue weighted by Crippen LogP contribution is 2.23. The summed E-state index contributed by atoms with van der Waals surface area (Å²) in [5.41, 5.74) is 10.9. The minimum absolute atomic E-state index is 0.0777. The third-order valence-corrected chi connectivity index (χ3v) is 6.48. The predicted octanol–water partition coefficient (Wildman–Crippen LogP) is 3.17. The fourth-order valence-corrected chi connectivity index (χ4v) is 4.01. The first-order valence-electron chi connectivity index (χ1n) is 11.2. The predicted molar refractivity (Wildman–Crippen MR) is 135 cm³/mol. The first-order chi connectivity index (χ1) is 16.5. The first-order valence-corrected chi connectivity index (χ1v) is 12.6. The molecule has 0 fully saturated rings. The summed E-state index contributed by atoms with van der Waals surface area (Å²) in [6.45, 7) is 2.65. The van der Waals surface area contributed by atoms with Crippen molar-refractivity contribution < 1.29 is 22.4 Å². The number of sulfonamides is 1. The second-order valence-corrected chi connectivity index (χ2v) is 10.4. The number of amides is 2. The Balaban J connectivity index is 2.15. The van der Waals surface area contributed by atoms with E-state index in [1.165, 1.54) is 44.2 Å². The molecule has 2 amide bonds. The molecule has 0 atom stereocenters. The molecule has 190 valence electrons. The lowest BCUT2D eigenvalue weighted by atomic mass is 9.94. The van der Waals surface area contributed by atoms with Crippen molar-refractivity contribution in [3.63, 3.8) is 0 Å². The maximum absolute atomic E-state index is 13.1. The van der Waals surface area contributed by atoms with E-state index in [0.29, 0.717) is 18.7 Å². The minimum atomic E-state index is -4.03. The number of rotatable bonds is 12. The summed E-state index contributed by atoms with van der Waals surface area (Å²) in [6.07, 6.45) is 2.52. The molecule has 6 N–H and O–H groups in total. The molecule has 0 aromatic heterocycles. The summed E-state index contributed by atoms with van der Waals surface area (Å²) in [4.78, 5) is 28.0. The van der Waals surface area contributed by atoms with E-state index in [4.69, 9.17) is 11.5 Å². The van der Waals surface area contributed by atoms with Crippen LogP contribution in [0.5, 0.6) is 0 Å². The zero-order valence-electron chi connectivity index (χ0n) is 19.9. The second-order valence-electron chi connectivity index (χ2n) is 8.68. The van der Waals surface area contributed by atoms with Gasteiger partial charge in [0.15, 0.2) is 0 Å². The first kappa shape index (κ1) is 27.9. The van der Waals surface area contributed by atoms with Crippen molar-refractivity contribution in [3.8, 4) is 0 Å². The van der Waals surface area contributed by atoms with Gasteiger partial charge in [-0.2, -0.15) is 4.99 Å². The zero-order valence-corrected chi connectivity index (χ0v) is 20.7. The Labute approximate surface area is 205 Å². The van der Waals surface area contributed by atoms with Crippen LogP contribution < -0.4 is 21.5 Å². The molecule has 0 radical (unpaired) electrons. The van der Waals surface area contributed by atoms with Gasteiger partial charge < -0.3 is 16.8 Å². The van der Waals surface area contributed by atoms with Crippen molar-refractivity contribution in [1.29, 1.82) is 0 Å². The quantitative estimate of drug-likeness (QED) is 0.197. The van der Waals surface area contributed by atoms with Crippen LogP contribution in [0, 0.1) is 5.41 Å². The molecule has 2 aromatic carbocycles. The molecule has 2 rings (SSSR count). The van der Waals surface area contributed by atoms with Crippen LogP contribution in [0.25, 0.3) is 0 Å². The number of amidine groups is 1. The lowest BCUT2D eigenvalue weighted by molar-refractivity contribution is -0.124. The molecule has 0 saturated heterocycles. The van der Waals surface area contributed by atoms with Crippen LogP contribution in [-0.2, 0) is 19.6 Å². The van der Waals surface area contributed by atoms with Gasteiger partial charge in [-0.15, -0.1) is 0 Å². The molecular formula is C24H32FN5O4S. The largest absolute Gasteiger partial charge is 0.383 e. The van der Waals surface area contributed by atoms with Crippen molar-refractivity contribution in [2.75, 3.05) is 23.3 Å². The number of unbranched alkanes of at least 4 members (excludes halogenated alkanes) is 2. The third kappa shape index (κ3) is 8.45. The number of hydrogen-bond acceptors (Lipinski definition) is 5. The molecule has 0 heterocycles. The van der Waals surface area contributed by atoms with Gasteiger partial charge in [-0.05, 0) is 63.6 Å². The van der Waals surface area contributed by atoms with E-state index >= 15 is 0 Å². The minimum Gasteiger partial charge on any atom is -0.383 e. The standard InChI is InChI=1S/C24H32FN5O4S/c1-24(2,16-25)23(32)28-18-9-7-10-19(15-18)30-35(33,34)20-11-6-8-17(14-20)22(27)29-21(31)12-4-3-5-13-26/h6-11,14-15,30H,3-5,12-13,16,26H2,1-2H3,(H,28,32)(H2,27,29,31). The lowest BCUT2D eigenvalue weighted by Crippen LogP contribution is -2.32. The van der Waals surface area contributed by atoms with Gasteiger partial charge in [-0.25, -0.2) is 12.8 Å².